The Morgan fingerprint density at radius 3 is 2.48 bits per heavy atom. The van der Waals surface area contributed by atoms with E-state index in [4.69, 9.17) is 0 Å². The average molecular weight is 453 g/mol. The Morgan fingerprint density at radius 2 is 1.86 bits per heavy atom. The first-order valence-electron chi connectivity index (χ1n) is 8.62. The van der Waals surface area contributed by atoms with Crippen molar-refractivity contribution in [2.75, 3.05) is 37.3 Å². The van der Waals surface area contributed by atoms with E-state index in [2.05, 4.69) is 4.98 Å². The largest absolute Gasteiger partial charge is 0.345 e. The van der Waals surface area contributed by atoms with Crippen molar-refractivity contribution in [2.24, 2.45) is 0 Å². The van der Waals surface area contributed by atoms with E-state index in [0.29, 0.717) is 36.6 Å². The van der Waals surface area contributed by atoms with Gasteiger partial charge in [-0.3, -0.25) is 14.9 Å². The van der Waals surface area contributed by atoms with Crippen LogP contribution in [0.25, 0.3) is 10.2 Å². The quantitative estimate of drug-likeness (QED) is 0.442. The zero-order valence-corrected chi connectivity index (χ0v) is 17.7. The molecule has 3 aromatic rings. The molecule has 1 amide bonds. The number of thiophene rings is 1. The lowest BCUT2D eigenvalue weighted by Gasteiger charge is -2.34. The van der Waals surface area contributed by atoms with Gasteiger partial charge in [-0.05, 0) is 18.2 Å². The number of fused-ring (bicyclic) bond motifs is 1. The van der Waals surface area contributed by atoms with E-state index >= 15 is 0 Å². The van der Waals surface area contributed by atoms with Crippen LogP contribution in [0, 0.1) is 10.1 Å². The summed E-state index contributed by atoms with van der Waals surface area (Å²) < 4.78 is 24.8. The van der Waals surface area contributed by atoms with Gasteiger partial charge in [0.05, 0.1) is 19.4 Å². The Labute approximate surface area is 174 Å². The molecule has 0 saturated carbocycles. The third-order valence-electron chi connectivity index (χ3n) is 4.59. The van der Waals surface area contributed by atoms with Crippen molar-refractivity contribution >= 4 is 58.8 Å². The maximum Gasteiger partial charge on any atom is 0.324 e. The molecule has 0 spiro atoms. The number of piperazine rings is 1. The van der Waals surface area contributed by atoms with Gasteiger partial charge in [0.1, 0.15) is 5.52 Å². The standard InChI is InChI=1S/C17H16N4O5S3/c1-29(25,26)13-4-2-3-11-15(13)18-17(28-11)20-9-7-19(8-10-20)16(22)12-5-6-14(27-12)21(23)24/h2-6H,7-10H2,1H3. The molecule has 29 heavy (non-hydrogen) atoms. The number of hydrogen-bond donors (Lipinski definition) is 0. The summed E-state index contributed by atoms with van der Waals surface area (Å²) in [5, 5.41) is 11.5. The fourth-order valence-corrected chi connectivity index (χ4v) is 5.87. The summed E-state index contributed by atoms with van der Waals surface area (Å²) >= 11 is 2.30. The van der Waals surface area contributed by atoms with E-state index in [-0.39, 0.29) is 15.8 Å². The third-order valence-corrected chi connectivity index (χ3v) is 7.82. The molecule has 0 N–H and O–H groups in total. The van der Waals surface area contributed by atoms with Gasteiger partial charge in [0, 0.05) is 38.5 Å². The number of nitrogens with zero attached hydrogens (tertiary/aromatic N) is 4. The van der Waals surface area contributed by atoms with Gasteiger partial charge in [0.2, 0.25) is 0 Å². The van der Waals surface area contributed by atoms with Gasteiger partial charge in [-0.1, -0.05) is 28.7 Å². The van der Waals surface area contributed by atoms with E-state index in [1.807, 2.05) is 11.0 Å². The van der Waals surface area contributed by atoms with Crippen LogP contribution in [0.1, 0.15) is 9.67 Å². The Hall–Kier alpha value is -2.57. The van der Waals surface area contributed by atoms with Crippen LogP contribution in [-0.2, 0) is 9.84 Å². The second-order valence-electron chi connectivity index (χ2n) is 6.55. The van der Waals surface area contributed by atoms with Crippen LogP contribution in [0.2, 0.25) is 0 Å². The molecule has 1 saturated heterocycles. The van der Waals surface area contributed by atoms with Gasteiger partial charge in [-0.15, -0.1) is 0 Å². The lowest BCUT2D eigenvalue weighted by atomic mass is 10.3. The first-order chi connectivity index (χ1) is 13.7. The predicted octanol–water partition coefficient (Wildman–Crippen LogP) is 2.63. The van der Waals surface area contributed by atoms with Gasteiger partial charge >= 0.3 is 5.00 Å². The summed E-state index contributed by atoms with van der Waals surface area (Å²) in [6.45, 7) is 2.01. The smallest absolute Gasteiger partial charge is 0.324 e. The van der Waals surface area contributed by atoms with Crippen molar-refractivity contribution in [1.82, 2.24) is 9.88 Å². The molecule has 12 heteroatoms. The van der Waals surface area contributed by atoms with Crippen LogP contribution in [0.4, 0.5) is 10.1 Å². The zero-order chi connectivity index (χ0) is 20.8. The van der Waals surface area contributed by atoms with Crippen LogP contribution in [0.15, 0.2) is 35.2 Å². The normalized spacial score (nSPS) is 15.1. The van der Waals surface area contributed by atoms with Crippen LogP contribution in [0.5, 0.6) is 0 Å². The Bertz CT molecular complexity index is 1210. The van der Waals surface area contributed by atoms with E-state index in [1.54, 1.807) is 17.0 Å². The summed E-state index contributed by atoms with van der Waals surface area (Å²) in [5.74, 6) is -0.216. The number of amides is 1. The molecule has 1 aliphatic rings. The van der Waals surface area contributed by atoms with Crippen molar-refractivity contribution < 1.29 is 18.1 Å². The Balaban J connectivity index is 1.49. The lowest BCUT2D eigenvalue weighted by Crippen LogP contribution is -2.48. The molecule has 0 bridgehead atoms. The first kappa shape index (κ1) is 19.7. The van der Waals surface area contributed by atoms with Crippen LogP contribution in [-0.4, -0.2) is 61.6 Å². The molecule has 4 rings (SSSR count). The van der Waals surface area contributed by atoms with Crippen molar-refractivity contribution in [3.63, 3.8) is 0 Å². The van der Waals surface area contributed by atoms with Crippen LogP contribution < -0.4 is 4.90 Å². The summed E-state index contributed by atoms with van der Waals surface area (Å²) in [5.41, 5.74) is 0.472. The second-order valence-corrected chi connectivity index (χ2v) is 10.6. The molecular weight excluding hydrogens is 436 g/mol. The molecule has 9 nitrogen and oxygen atoms in total. The van der Waals surface area contributed by atoms with Crippen LogP contribution >= 0.6 is 22.7 Å². The fourth-order valence-electron chi connectivity index (χ4n) is 3.14. The maximum absolute atomic E-state index is 12.6. The average Bonchev–Trinajstić information content (AvgIpc) is 3.33. The number of benzene rings is 1. The van der Waals surface area contributed by atoms with Crippen molar-refractivity contribution in [3.8, 4) is 0 Å². The van der Waals surface area contributed by atoms with Crippen molar-refractivity contribution in [3.05, 3.63) is 45.3 Å². The Kier molecular flexibility index (Phi) is 5.00. The predicted molar refractivity (Wildman–Crippen MR) is 112 cm³/mol. The van der Waals surface area contributed by atoms with Gasteiger partial charge in [-0.2, -0.15) is 0 Å². The number of hydrogen-bond acceptors (Lipinski definition) is 9. The molecule has 0 unspecified atom stereocenters. The molecule has 0 atom stereocenters. The number of sulfone groups is 1. The second kappa shape index (κ2) is 7.35. The lowest BCUT2D eigenvalue weighted by molar-refractivity contribution is -0.380. The summed E-state index contributed by atoms with van der Waals surface area (Å²) in [7, 11) is -3.38. The minimum atomic E-state index is -3.38. The Morgan fingerprint density at radius 1 is 1.14 bits per heavy atom. The minimum absolute atomic E-state index is 0.0526. The maximum atomic E-state index is 12.6. The number of anilines is 1. The number of para-hydroxylation sites is 1. The van der Waals surface area contributed by atoms with Gasteiger partial charge in [-0.25, -0.2) is 13.4 Å². The molecule has 1 fully saturated rings. The monoisotopic (exact) mass is 452 g/mol. The number of nitro groups is 1. The highest BCUT2D eigenvalue weighted by Crippen LogP contribution is 2.33. The molecule has 152 valence electrons. The van der Waals surface area contributed by atoms with Gasteiger partial charge in [0.25, 0.3) is 5.91 Å². The fraction of sp³-hybridized carbons (Fsp3) is 0.294. The summed E-state index contributed by atoms with van der Waals surface area (Å²) in [6, 6.07) is 7.93. The molecule has 2 aromatic heterocycles. The van der Waals surface area contributed by atoms with Gasteiger partial charge < -0.3 is 9.80 Å². The van der Waals surface area contributed by atoms with E-state index in [1.165, 1.54) is 29.7 Å². The first-order valence-corrected chi connectivity index (χ1v) is 12.1. The summed E-state index contributed by atoms with van der Waals surface area (Å²) in [6.07, 6.45) is 1.17. The van der Waals surface area contributed by atoms with Crippen LogP contribution in [0.3, 0.4) is 0 Å². The van der Waals surface area contributed by atoms with E-state index < -0.39 is 14.8 Å². The SMILES string of the molecule is CS(=O)(=O)c1cccc2sc(N3CCN(C(=O)c4ccc([N+](=O)[O-])s4)CC3)nc12. The van der Waals surface area contributed by atoms with Gasteiger partial charge in [0.15, 0.2) is 15.0 Å². The topological polar surface area (TPSA) is 114 Å². The molecule has 3 heterocycles. The van der Waals surface area contributed by atoms with E-state index in [0.717, 1.165) is 21.2 Å². The van der Waals surface area contributed by atoms with Crippen molar-refractivity contribution in [1.29, 1.82) is 0 Å². The highest BCUT2D eigenvalue weighted by Gasteiger charge is 2.26. The molecule has 0 radical (unpaired) electrons. The van der Waals surface area contributed by atoms with Crippen molar-refractivity contribution in [2.45, 2.75) is 4.90 Å². The number of aromatic nitrogens is 1. The molecular formula is C17H16N4O5S3. The minimum Gasteiger partial charge on any atom is -0.345 e. The number of carbonyl (C=O) groups is 1. The highest BCUT2D eigenvalue weighted by molar-refractivity contribution is 7.91. The summed E-state index contributed by atoms with van der Waals surface area (Å²) in [4.78, 5) is 31.7. The number of rotatable bonds is 4. The highest BCUT2D eigenvalue weighted by atomic mass is 32.2. The molecule has 1 aliphatic heterocycles. The molecule has 1 aromatic carbocycles. The third kappa shape index (κ3) is 3.82. The zero-order valence-electron chi connectivity index (χ0n) is 15.3. The number of carbonyl (C=O) groups excluding carboxylic acids is 1. The van der Waals surface area contributed by atoms with E-state index in [9.17, 15) is 23.3 Å². The number of thiazole rings is 1. The molecule has 0 aliphatic carbocycles.